The molecule has 1 atom stereocenters. The largest absolute Gasteiger partial charge is 0.497 e. The molecule has 0 saturated carbocycles. The first-order chi connectivity index (χ1) is 10.3. The van der Waals surface area contributed by atoms with Gasteiger partial charge in [0.15, 0.2) is 0 Å². The lowest BCUT2D eigenvalue weighted by Gasteiger charge is -2.21. The van der Waals surface area contributed by atoms with Gasteiger partial charge >= 0.3 is 0 Å². The first-order valence-corrected chi connectivity index (χ1v) is 7.26. The van der Waals surface area contributed by atoms with E-state index in [1.54, 1.807) is 20.5 Å². The molecule has 1 heterocycles. The fourth-order valence-electron chi connectivity index (χ4n) is 2.35. The maximum atomic E-state index is 5.50. The summed E-state index contributed by atoms with van der Waals surface area (Å²) < 4.78 is 16.3. The Bertz CT molecular complexity index is 537. The first kappa shape index (κ1) is 15.4. The van der Waals surface area contributed by atoms with Crippen molar-refractivity contribution in [2.24, 2.45) is 0 Å². The molecule has 0 amide bonds. The van der Waals surface area contributed by atoms with Gasteiger partial charge in [-0.1, -0.05) is 6.92 Å². The van der Waals surface area contributed by atoms with Gasteiger partial charge < -0.3 is 19.2 Å². The zero-order chi connectivity index (χ0) is 15.1. The first-order valence-electron chi connectivity index (χ1n) is 7.26. The third kappa shape index (κ3) is 4.02. The van der Waals surface area contributed by atoms with Gasteiger partial charge in [0, 0.05) is 18.0 Å². The summed E-state index contributed by atoms with van der Waals surface area (Å²) in [6.45, 7) is 3.09. The predicted octanol–water partition coefficient (Wildman–Crippen LogP) is 3.58. The van der Waals surface area contributed by atoms with Gasteiger partial charge in [0.2, 0.25) is 0 Å². The van der Waals surface area contributed by atoms with Crippen LogP contribution in [0.3, 0.4) is 0 Å². The topological polar surface area (TPSA) is 43.6 Å². The van der Waals surface area contributed by atoms with Crippen LogP contribution in [0, 0.1) is 0 Å². The summed E-state index contributed by atoms with van der Waals surface area (Å²) in [6.07, 6.45) is 3.55. The lowest BCUT2D eigenvalue weighted by Crippen LogP contribution is -2.24. The van der Waals surface area contributed by atoms with Gasteiger partial charge in [-0.3, -0.25) is 0 Å². The van der Waals surface area contributed by atoms with E-state index in [-0.39, 0.29) is 6.04 Å². The van der Waals surface area contributed by atoms with Crippen molar-refractivity contribution in [2.45, 2.75) is 25.8 Å². The molecule has 0 radical (unpaired) electrons. The summed E-state index contributed by atoms with van der Waals surface area (Å²) in [4.78, 5) is 0. The summed E-state index contributed by atoms with van der Waals surface area (Å²) in [5.74, 6) is 2.64. The van der Waals surface area contributed by atoms with E-state index in [0.717, 1.165) is 42.2 Å². The minimum Gasteiger partial charge on any atom is -0.497 e. The fourth-order valence-corrected chi connectivity index (χ4v) is 2.35. The summed E-state index contributed by atoms with van der Waals surface area (Å²) in [5, 5.41) is 3.55. The normalized spacial score (nSPS) is 12.1. The molecule has 2 aromatic rings. The number of ether oxygens (including phenoxy) is 2. The molecule has 0 bridgehead atoms. The Labute approximate surface area is 126 Å². The molecular weight excluding hydrogens is 266 g/mol. The number of furan rings is 1. The Balaban J connectivity index is 2.29. The Hall–Kier alpha value is -1.94. The Morgan fingerprint density at radius 1 is 1.19 bits per heavy atom. The molecule has 0 saturated heterocycles. The van der Waals surface area contributed by atoms with Crippen molar-refractivity contribution < 1.29 is 13.9 Å². The highest BCUT2D eigenvalue weighted by Crippen LogP contribution is 2.31. The molecule has 2 rings (SSSR count). The third-order valence-electron chi connectivity index (χ3n) is 3.44. The summed E-state index contributed by atoms with van der Waals surface area (Å²) in [7, 11) is 3.36. The Morgan fingerprint density at radius 3 is 2.67 bits per heavy atom. The molecule has 0 aliphatic carbocycles. The fraction of sp³-hybridized carbons (Fsp3) is 0.412. The highest BCUT2D eigenvalue weighted by atomic mass is 16.5. The number of rotatable bonds is 8. The number of nitrogens with one attached hydrogen (secondary N) is 1. The monoisotopic (exact) mass is 289 g/mol. The number of hydrogen-bond donors (Lipinski definition) is 1. The van der Waals surface area contributed by atoms with Gasteiger partial charge in [0.05, 0.1) is 20.5 Å². The lowest BCUT2D eigenvalue weighted by molar-refractivity contribution is 0.383. The second-order valence-electron chi connectivity index (χ2n) is 4.90. The van der Waals surface area contributed by atoms with Crippen molar-refractivity contribution in [3.05, 3.63) is 47.9 Å². The number of hydrogen-bond acceptors (Lipinski definition) is 4. The highest BCUT2D eigenvalue weighted by molar-refractivity contribution is 5.42. The van der Waals surface area contributed by atoms with E-state index in [2.05, 4.69) is 12.2 Å². The average molecular weight is 289 g/mol. The van der Waals surface area contributed by atoms with E-state index in [0.29, 0.717) is 0 Å². The van der Waals surface area contributed by atoms with E-state index in [4.69, 9.17) is 13.9 Å². The van der Waals surface area contributed by atoms with Gasteiger partial charge in [0.1, 0.15) is 17.3 Å². The van der Waals surface area contributed by atoms with Crippen LogP contribution in [-0.2, 0) is 6.42 Å². The molecule has 4 heteroatoms. The molecule has 0 aliphatic heterocycles. The summed E-state index contributed by atoms with van der Waals surface area (Å²) in [6, 6.07) is 9.90. The lowest BCUT2D eigenvalue weighted by atomic mass is 10.0. The maximum absolute atomic E-state index is 5.50. The molecule has 114 valence electrons. The molecule has 1 N–H and O–H groups in total. The number of methoxy groups -OCH3 is 2. The van der Waals surface area contributed by atoms with Crippen LogP contribution in [0.25, 0.3) is 0 Å². The van der Waals surface area contributed by atoms with Crippen LogP contribution in [0.1, 0.15) is 30.7 Å². The molecule has 4 nitrogen and oxygen atoms in total. The van der Waals surface area contributed by atoms with Gasteiger partial charge in [-0.2, -0.15) is 0 Å². The molecule has 0 spiro atoms. The minimum atomic E-state index is 0.126. The second-order valence-corrected chi connectivity index (χ2v) is 4.90. The van der Waals surface area contributed by atoms with Crippen LogP contribution in [0.5, 0.6) is 11.5 Å². The van der Waals surface area contributed by atoms with Crippen molar-refractivity contribution in [1.82, 2.24) is 5.32 Å². The Kier molecular flexibility index (Phi) is 5.69. The standard InChI is InChI=1S/C17H23NO3/c1-4-9-18-16(12-14-6-5-10-21-14)15-11-13(19-2)7-8-17(15)20-3/h5-8,10-11,16,18H,4,9,12H2,1-3H3. The van der Waals surface area contributed by atoms with Crippen LogP contribution >= 0.6 is 0 Å². The van der Waals surface area contributed by atoms with Crippen molar-refractivity contribution in [1.29, 1.82) is 0 Å². The Morgan fingerprint density at radius 2 is 2.05 bits per heavy atom. The molecule has 1 aromatic heterocycles. The quantitative estimate of drug-likeness (QED) is 0.806. The molecule has 1 unspecified atom stereocenters. The van der Waals surface area contributed by atoms with Crippen molar-refractivity contribution in [3.8, 4) is 11.5 Å². The van der Waals surface area contributed by atoms with E-state index in [9.17, 15) is 0 Å². The van der Waals surface area contributed by atoms with Crippen LogP contribution < -0.4 is 14.8 Å². The smallest absolute Gasteiger partial charge is 0.123 e. The minimum absolute atomic E-state index is 0.126. The van der Waals surface area contributed by atoms with Gasteiger partial charge in [0.25, 0.3) is 0 Å². The third-order valence-corrected chi connectivity index (χ3v) is 3.44. The van der Waals surface area contributed by atoms with Crippen molar-refractivity contribution in [2.75, 3.05) is 20.8 Å². The van der Waals surface area contributed by atoms with E-state index in [1.165, 1.54) is 0 Å². The summed E-state index contributed by atoms with van der Waals surface area (Å²) >= 11 is 0. The van der Waals surface area contributed by atoms with Crippen molar-refractivity contribution in [3.63, 3.8) is 0 Å². The van der Waals surface area contributed by atoms with Gasteiger partial charge in [-0.05, 0) is 43.3 Å². The average Bonchev–Trinajstić information content (AvgIpc) is 3.03. The summed E-state index contributed by atoms with van der Waals surface area (Å²) in [5.41, 5.74) is 1.08. The van der Waals surface area contributed by atoms with E-state index < -0.39 is 0 Å². The zero-order valence-corrected chi connectivity index (χ0v) is 12.9. The highest BCUT2D eigenvalue weighted by Gasteiger charge is 2.18. The maximum Gasteiger partial charge on any atom is 0.123 e. The molecule has 0 fully saturated rings. The van der Waals surface area contributed by atoms with E-state index in [1.807, 2.05) is 30.3 Å². The van der Waals surface area contributed by atoms with Crippen LogP contribution in [0.2, 0.25) is 0 Å². The molecule has 21 heavy (non-hydrogen) atoms. The van der Waals surface area contributed by atoms with Crippen LogP contribution in [-0.4, -0.2) is 20.8 Å². The molecule has 1 aromatic carbocycles. The van der Waals surface area contributed by atoms with Crippen molar-refractivity contribution >= 4 is 0 Å². The van der Waals surface area contributed by atoms with Gasteiger partial charge in [-0.25, -0.2) is 0 Å². The SMILES string of the molecule is CCCNC(Cc1ccco1)c1cc(OC)ccc1OC. The van der Waals surface area contributed by atoms with Gasteiger partial charge in [-0.15, -0.1) is 0 Å². The second kappa shape index (κ2) is 7.74. The van der Waals surface area contributed by atoms with E-state index >= 15 is 0 Å². The van der Waals surface area contributed by atoms with Crippen LogP contribution in [0.15, 0.2) is 41.0 Å². The van der Waals surface area contributed by atoms with Crippen LogP contribution in [0.4, 0.5) is 0 Å². The number of benzene rings is 1. The predicted molar refractivity (Wildman–Crippen MR) is 83.0 cm³/mol. The molecular formula is C17H23NO3. The molecule has 0 aliphatic rings. The zero-order valence-electron chi connectivity index (χ0n) is 12.9.